The smallest absolute Gasteiger partial charge is 0.258 e. The van der Waals surface area contributed by atoms with Crippen LogP contribution in [0.4, 0.5) is 5.69 Å². The molecule has 0 saturated carbocycles. The lowest BCUT2D eigenvalue weighted by Gasteiger charge is -2.39. The number of carbonyl (C=O) groups excluding carboxylic acids is 17. The molecular formula is C113H143N15O20S. The second-order valence-electron chi connectivity index (χ2n) is 47.4. The number of nitrogens with one attached hydrogen (secondary N) is 8. The number of ether oxygens (including phenoxy) is 2. The van der Waals surface area contributed by atoms with Gasteiger partial charge in [0.15, 0.2) is 0 Å². The van der Waals surface area contributed by atoms with Crippen LogP contribution in [0.15, 0.2) is 121 Å². The van der Waals surface area contributed by atoms with Crippen molar-refractivity contribution in [2.24, 2.45) is 16.2 Å². The number of anilines is 1. The van der Waals surface area contributed by atoms with Gasteiger partial charge in [-0.2, -0.15) is 0 Å². The SMILES string of the molecule is CC(C)(C)Cc1ccc2c(c1)C(=O)N(C1CCC(=O)NC1=O)C2.CC(C)(C)Cc1cccc2c1C(=O)N(C1CCC(=O)NC1=O)C2.CC(C)(C)Nc1cccc2c1C(=O)N(C1CCC(=O)NC1=O)C2.CC(C)(C)Oc1ccc2c(c1)C(=O)N(C1CCC(=O)NC1=O)C2.CC(C)(C)Oc1cccc2c1C(=O)N(C1CCC(=O)NC1=O)C2.Cc1ncsc1-c1ccc(CNC(=O)[C@@H]2C[C@@H](O)CN2C(=O)[C@@H](NC(C)(C)C)C(C)(C)C)cc1. The lowest BCUT2D eigenvalue weighted by atomic mass is 9.84. The van der Waals surface area contributed by atoms with Crippen molar-refractivity contribution < 1.29 is 96.1 Å². The Labute approximate surface area is 874 Å². The molecule has 0 bridgehead atoms. The van der Waals surface area contributed by atoms with Crippen molar-refractivity contribution >= 4 is 117 Å². The largest absolute Gasteiger partial charge is 0.488 e. The molecule has 5 unspecified atom stereocenters. The van der Waals surface area contributed by atoms with E-state index in [0.29, 0.717) is 105 Å². The molecule has 7 aromatic rings. The summed E-state index contributed by atoms with van der Waals surface area (Å²) in [6.07, 6.45) is 4.50. The number of carbonyl (C=O) groups is 17. The minimum atomic E-state index is -0.711. The van der Waals surface area contributed by atoms with Gasteiger partial charge in [-0.3, -0.25) is 108 Å². The zero-order chi connectivity index (χ0) is 109. The predicted molar refractivity (Wildman–Crippen MR) is 559 cm³/mol. The maximum atomic E-state index is 13.6. The number of β-amino-alcohol motifs (C(OH)–C–C–N with tert-alkyl or cyclic N) is 1. The highest BCUT2D eigenvalue weighted by Crippen LogP contribution is 2.41. The molecule has 8 atom stereocenters. The van der Waals surface area contributed by atoms with Crippen molar-refractivity contribution in [3.63, 3.8) is 0 Å². The van der Waals surface area contributed by atoms with Crippen LogP contribution in [0, 0.1) is 23.2 Å². The van der Waals surface area contributed by atoms with Crippen LogP contribution in [-0.2, 0) is 110 Å². The number of benzene rings is 6. The Morgan fingerprint density at radius 1 is 0.443 bits per heavy atom. The first kappa shape index (κ1) is 112. The molecule has 796 valence electrons. The molecule has 36 heteroatoms. The number of piperidine rings is 5. The van der Waals surface area contributed by atoms with Crippen molar-refractivity contribution in [3.8, 4) is 21.9 Å². The molecule has 6 fully saturated rings. The molecule has 149 heavy (non-hydrogen) atoms. The van der Waals surface area contributed by atoms with Gasteiger partial charge in [0.2, 0.25) is 70.9 Å². The van der Waals surface area contributed by atoms with Crippen LogP contribution in [-0.4, -0.2) is 217 Å². The molecule has 0 aliphatic carbocycles. The summed E-state index contributed by atoms with van der Waals surface area (Å²) < 4.78 is 11.7. The van der Waals surface area contributed by atoms with E-state index in [-0.39, 0.29) is 167 Å². The summed E-state index contributed by atoms with van der Waals surface area (Å²) >= 11 is 1.61. The summed E-state index contributed by atoms with van der Waals surface area (Å²) in [6, 6.07) is 32.6. The van der Waals surface area contributed by atoms with Gasteiger partial charge in [0.1, 0.15) is 59.0 Å². The van der Waals surface area contributed by atoms with Crippen LogP contribution in [0.5, 0.6) is 11.5 Å². The first-order chi connectivity index (χ1) is 69.5. The zero-order valence-electron chi connectivity index (χ0n) is 89.6. The first-order valence-corrected chi connectivity index (χ1v) is 51.9. The average Bonchev–Trinajstić information content (AvgIpc) is 1.63. The third kappa shape index (κ3) is 28.3. The van der Waals surface area contributed by atoms with Crippen molar-refractivity contribution in [1.29, 1.82) is 0 Å². The first-order valence-electron chi connectivity index (χ1n) is 51.1. The van der Waals surface area contributed by atoms with Crippen molar-refractivity contribution in [2.75, 3.05) is 11.9 Å². The number of fused-ring (bicyclic) bond motifs is 5. The summed E-state index contributed by atoms with van der Waals surface area (Å²) in [4.78, 5) is 222. The van der Waals surface area contributed by atoms with E-state index < -0.39 is 65.8 Å². The van der Waals surface area contributed by atoms with E-state index in [1.54, 1.807) is 43.1 Å². The summed E-state index contributed by atoms with van der Waals surface area (Å²) in [6.45, 7) is 47.2. The number of likely N-dealkylation sites (tertiary alicyclic amines) is 1. The Hall–Kier alpha value is -13.7. The standard InChI is InChI=1S/C26H38N4O3S.2C18H22N2O3.C17H21N3O3.2C17H20N2O4/c1-16-21(34-15-28-16)18-10-8-17(9-11-18)13-27-23(32)20-12-19(31)14-30(20)24(33)22(25(2,3)4)29-26(5,6)7;1-18(2,3)9-11-4-5-12-10-20(17(23)13(12)8-11)14-6-7-15(21)19-16(14)22;1-18(2,3)9-11-5-4-6-12-10-20(17(23)15(11)12)13-7-8-14(21)19-16(13)22;1-17(2,3)19-11-6-4-5-10-9-20(16(23)14(10)11)12-7-8-13(21)18-15(12)22;1-17(2,3)23-11-5-4-10-9-19(16(22)12(10)8-11)13-6-7-14(20)18-15(13)21;1-17(2,3)23-12-6-4-5-10-9-19(16(22)14(10)12)11-7-8-13(20)18-15(11)21/h8-11,15,19-20,22,29,31H,12-14H2,1-7H3,(H,27,32);4-5,8,14H,6-7,9-10H2,1-3H3,(H,19,21,22);4-6,13H,7-10H2,1-3H3,(H,19,21,22);4-6,12,19H,7-9H2,1-3H3,(H,18,21,22);4-5,8,13H,6-7,9H2,1-3H3,(H,18,20,21);4-6,11H,7-9H2,1-3H3,(H,18,20,21)/t19-,20+,22-;;;;;/m1...../s1. The minimum Gasteiger partial charge on any atom is -0.488 e. The maximum absolute atomic E-state index is 13.6. The Kier molecular flexibility index (Phi) is 33.9. The van der Waals surface area contributed by atoms with E-state index in [2.05, 4.69) is 95.1 Å². The van der Waals surface area contributed by atoms with Crippen molar-refractivity contribution in [1.82, 2.24) is 71.6 Å². The van der Waals surface area contributed by atoms with Gasteiger partial charge in [-0.05, 0) is 232 Å². The molecule has 12 heterocycles. The minimum absolute atomic E-state index is 0.0808. The van der Waals surface area contributed by atoms with Gasteiger partial charge < -0.3 is 59.9 Å². The number of imide groups is 5. The van der Waals surface area contributed by atoms with Gasteiger partial charge in [-0.15, -0.1) is 11.3 Å². The number of rotatable bonds is 16. The number of thiazole rings is 1. The van der Waals surface area contributed by atoms with Gasteiger partial charge in [0.25, 0.3) is 29.5 Å². The summed E-state index contributed by atoms with van der Waals surface area (Å²) in [5, 5.41) is 31.6. The highest BCUT2D eigenvalue weighted by atomic mass is 32.1. The van der Waals surface area contributed by atoms with Crippen LogP contribution < -0.4 is 52.0 Å². The fourth-order valence-electron chi connectivity index (χ4n) is 20.0. The molecule has 35 nitrogen and oxygen atoms in total. The molecule has 0 spiro atoms. The van der Waals surface area contributed by atoms with Gasteiger partial charge in [0, 0.05) is 118 Å². The molecular weight excluding hydrogens is 1920 g/mol. The van der Waals surface area contributed by atoms with E-state index >= 15 is 0 Å². The van der Waals surface area contributed by atoms with Gasteiger partial charge >= 0.3 is 0 Å². The lowest BCUT2D eigenvalue weighted by molar-refractivity contribution is -0.142. The summed E-state index contributed by atoms with van der Waals surface area (Å²) in [5.74, 6) is -3.23. The third-order valence-corrected chi connectivity index (χ3v) is 27.6. The third-order valence-electron chi connectivity index (χ3n) is 26.6. The number of aromatic nitrogens is 1. The fraction of sp³-hybridized carbons (Fsp3) is 0.504. The quantitative estimate of drug-likeness (QED) is 0.0406. The van der Waals surface area contributed by atoms with Gasteiger partial charge in [-0.1, -0.05) is 147 Å². The molecule has 11 aliphatic rings. The molecule has 9 N–H and O–H groups in total. The molecule has 1 aromatic heterocycles. The Morgan fingerprint density at radius 3 is 1.27 bits per heavy atom. The summed E-state index contributed by atoms with van der Waals surface area (Å²) in [7, 11) is 0. The number of nitrogens with zero attached hydrogens (tertiary/aromatic N) is 7. The van der Waals surface area contributed by atoms with Crippen LogP contribution in [0.3, 0.4) is 0 Å². The van der Waals surface area contributed by atoms with Crippen LogP contribution in [0.1, 0.15) is 318 Å². The van der Waals surface area contributed by atoms with E-state index in [4.69, 9.17) is 9.47 Å². The van der Waals surface area contributed by atoms with Crippen LogP contribution in [0.25, 0.3) is 10.4 Å². The second kappa shape index (κ2) is 45.0. The second-order valence-corrected chi connectivity index (χ2v) is 48.3. The monoisotopic (exact) mass is 2060 g/mol. The maximum Gasteiger partial charge on any atom is 0.258 e. The summed E-state index contributed by atoms with van der Waals surface area (Å²) in [5.41, 5.74) is 14.3. The van der Waals surface area contributed by atoms with Crippen molar-refractivity contribution in [3.05, 3.63) is 199 Å². The Bertz CT molecular complexity index is 6010. The van der Waals surface area contributed by atoms with Gasteiger partial charge in [-0.25, -0.2) is 4.98 Å². The molecule has 0 radical (unpaired) electrons. The van der Waals surface area contributed by atoms with Crippen LogP contribution in [0.2, 0.25) is 0 Å². The average molecular weight is 2060 g/mol. The van der Waals surface area contributed by atoms with Crippen molar-refractivity contribution in [2.45, 2.75) is 346 Å². The lowest BCUT2D eigenvalue weighted by Crippen LogP contribution is -2.60. The topological polar surface area (TPSA) is 457 Å². The van der Waals surface area contributed by atoms with E-state index in [0.717, 1.165) is 84.7 Å². The molecule has 17 amide bonds. The normalized spacial score (nSPS) is 21.0. The predicted octanol–water partition coefficient (Wildman–Crippen LogP) is 12.5. The number of hydrogen-bond acceptors (Lipinski definition) is 24. The number of aliphatic hydroxyl groups excluding tert-OH is 1. The Morgan fingerprint density at radius 2 is 0.846 bits per heavy atom. The highest BCUT2D eigenvalue weighted by Gasteiger charge is 2.49. The number of amides is 17. The molecule has 6 saturated heterocycles. The van der Waals surface area contributed by atoms with E-state index in [1.165, 1.54) is 9.80 Å². The fourth-order valence-corrected chi connectivity index (χ4v) is 20.8. The zero-order valence-corrected chi connectivity index (χ0v) is 90.4. The van der Waals surface area contributed by atoms with Gasteiger partial charge in [0.05, 0.1) is 39.4 Å². The number of aryl methyl sites for hydroxylation is 1. The highest BCUT2D eigenvalue weighted by molar-refractivity contribution is 7.13. The van der Waals surface area contributed by atoms with E-state index in [1.807, 2.05) is 213 Å². The number of aliphatic hydroxyl groups is 1. The molecule has 18 rings (SSSR count). The van der Waals surface area contributed by atoms with Crippen LogP contribution >= 0.6 is 11.3 Å². The molecule has 11 aliphatic heterocycles. The number of hydrogen-bond donors (Lipinski definition) is 9. The van der Waals surface area contributed by atoms with E-state index in [9.17, 15) is 86.6 Å². The molecule has 6 aromatic carbocycles. The Balaban J connectivity index is 0.000000150.